The average molecular weight is 510 g/mol. The number of thiazole rings is 1. The Morgan fingerprint density at radius 1 is 0.806 bits per heavy atom. The molecule has 0 aliphatic heterocycles. The first-order valence-corrected chi connectivity index (χ1v) is 12.2. The normalized spacial score (nSPS) is 10.7. The summed E-state index contributed by atoms with van der Waals surface area (Å²) < 4.78 is 1.02. The quantitative estimate of drug-likeness (QED) is 0.152. The van der Waals surface area contributed by atoms with Crippen molar-refractivity contribution in [3.05, 3.63) is 114 Å². The summed E-state index contributed by atoms with van der Waals surface area (Å²) in [6.45, 7) is 0. The van der Waals surface area contributed by atoms with Crippen molar-refractivity contribution in [2.24, 2.45) is 0 Å². The van der Waals surface area contributed by atoms with Gasteiger partial charge in [0.25, 0.3) is 5.91 Å². The maximum atomic E-state index is 12.7. The molecule has 1 amide bonds. The molecule has 0 spiro atoms. The van der Waals surface area contributed by atoms with E-state index in [0.29, 0.717) is 32.9 Å². The molecule has 0 saturated heterocycles. The number of anilines is 1. The average Bonchev–Trinajstić information content (AvgIpc) is 3.34. The van der Waals surface area contributed by atoms with Gasteiger partial charge in [-0.2, -0.15) is 0 Å². The minimum atomic E-state index is -0.406. The Morgan fingerprint density at radius 2 is 1.47 bits per heavy atom. The van der Waals surface area contributed by atoms with Gasteiger partial charge >= 0.3 is 0 Å². The van der Waals surface area contributed by atoms with Crippen molar-refractivity contribution in [1.29, 1.82) is 0 Å². The molecule has 1 aromatic heterocycles. The summed E-state index contributed by atoms with van der Waals surface area (Å²) in [5, 5.41) is 16.8. The number of aromatic nitrogens is 1. The zero-order valence-corrected chi connectivity index (χ0v) is 20.4. The van der Waals surface area contributed by atoms with E-state index in [1.165, 1.54) is 11.3 Å². The molecule has 0 aliphatic carbocycles. The lowest BCUT2D eigenvalue weighted by molar-refractivity contribution is 0.0975. The van der Waals surface area contributed by atoms with Crippen LogP contribution < -0.4 is 10.6 Å². The van der Waals surface area contributed by atoms with E-state index >= 15 is 0 Å². The van der Waals surface area contributed by atoms with Gasteiger partial charge in [0.05, 0.1) is 15.8 Å². The van der Waals surface area contributed by atoms with Gasteiger partial charge in [-0.3, -0.25) is 14.9 Å². The third kappa shape index (κ3) is 5.00. The fraction of sp³-hybridized carbons (Fsp3) is 0. The topological polar surface area (TPSA) is 91.3 Å². The van der Waals surface area contributed by atoms with Gasteiger partial charge < -0.3 is 10.4 Å². The Balaban J connectivity index is 1.26. The molecule has 3 N–H and O–H groups in total. The molecule has 0 bridgehead atoms. The molecular weight excluding hydrogens is 490 g/mol. The van der Waals surface area contributed by atoms with E-state index in [4.69, 9.17) is 12.2 Å². The third-order valence-electron chi connectivity index (χ3n) is 5.45. The van der Waals surface area contributed by atoms with Crippen molar-refractivity contribution >= 4 is 56.3 Å². The van der Waals surface area contributed by atoms with E-state index < -0.39 is 5.91 Å². The Bertz CT molecular complexity index is 1560. The predicted octanol–water partition coefficient (Wildman–Crippen LogP) is 6.03. The van der Waals surface area contributed by atoms with Gasteiger partial charge in [-0.15, -0.1) is 11.3 Å². The van der Waals surface area contributed by atoms with Gasteiger partial charge in [-0.25, -0.2) is 4.98 Å². The molecule has 4 aromatic carbocycles. The molecule has 176 valence electrons. The lowest BCUT2D eigenvalue weighted by Gasteiger charge is -2.11. The smallest absolute Gasteiger partial charge is 0.257 e. The number of hydrogen-bond acceptors (Lipinski definition) is 6. The number of fused-ring (bicyclic) bond motifs is 1. The standard InChI is InChI=1S/C28H19N3O3S2/c32-23-15-14-20(16-21(23)27-30-22-8-4-5-9-24(22)36-27)29-28(35)31-26(34)19-12-10-18(11-13-19)25(33)17-6-2-1-3-7-17/h1-16,32H,(H2,29,31,34,35). The van der Waals surface area contributed by atoms with Gasteiger partial charge in [0, 0.05) is 22.4 Å². The van der Waals surface area contributed by atoms with E-state index in [-0.39, 0.29) is 16.6 Å². The van der Waals surface area contributed by atoms with Gasteiger partial charge in [0.15, 0.2) is 10.9 Å². The van der Waals surface area contributed by atoms with Crippen molar-refractivity contribution in [2.45, 2.75) is 0 Å². The fourth-order valence-corrected chi connectivity index (χ4v) is 4.84. The second kappa shape index (κ2) is 10.1. The van der Waals surface area contributed by atoms with Crippen molar-refractivity contribution in [3.8, 4) is 16.3 Å². The Kier molecular flexibility index (Phi) is 6.53. The number of nitrogens with zero attached hydrogens (tertiary/aromatic N) is 1. The summed E-state index contributed by atoms with van der Waals surface area (Å²) in [5.74, 6) is -0.424. The molecule has 8 heteroatoms. The van der Waals surface area contributed by atoms with Gasteiger partial charge in [-0.1, -0.05) is 54.6 Å². The number of phenols is 1. The Morgan fingerprint density at radius 3 is 2.22 bits per heavy atom. The maximum Gasteiger partial charge on any atom is 0.257 e. The summed E-state index contributed by atoms with van der Waals surface area (Å²) in [4.78, 5) is 29.8. The maximum absolute atomic E-state index is 12.7. The first-order chi connectivity index (χ1) is 17.5. The number of nitrogens with one attached hydrogen (secondary N) is 2. The molecule has 36 heavy (non-hydrogen) atoms. The highest BCUT2D eigenvalue weighted by molar-refractivity contribution is 7.80. The first kappa shape index (κ1) is 23.3. The van der Waals surface area contributed by atoms with E-state index in [9.17, 15) is 14.7 Å². The number of amides is 1. The zero-order valence-electron chi connectivity index (χ0n) is 18.8. The number of benzene rings is 4. The number of para-hydroxylation sites is 1. The highest BCUT2D eigenvalue weighted by Gasteiger charge is 2.14. The Hall–Kier alpha value is -4.40. The summed E-state index contributed by atoms with van der Waals surface area (Å²) in [7, 11) is 0. The van der Waals surface area contributed by atoms with Crippen LogP contribution in [-0.4, -0.2) is 26.9 Å². The van der Waals surface area contributed by atoms with Crippen molar-refractivity contribution in [3.63, 3.8) is 0 Å². The van der Waals surface area contributed by atoms with Crippen LogP contribution in [0.2, 0.25) is 0 Å². The van der Waals surface area contributed by atoms with E-state index in [0.717, 1.165) is 10.2 Å². The lowest BCUT2D eigenvalue weighted by atomic mass is 10.0. The lowest BCUT2D eigenvalue weighted by Crippen LogP contribution is -2.34. The van der Waals surface area contributed by atoms with Crippen molar-refractivity contribution in [2.75, 3.05) is 5.32 Å². The highest BCUT2D eigenvalue weighted by Crippen LogP contribution is 2.36. The number of hydrogen-bond donors (Lipinski definition) is 3. The van der Waals surface area contributed by atoms with Crippen LogP contribution in [0.3, 0.4) is 0 Å². The van der Waals surface area contributed by atoms with Crippen LogP contribution in [0.4, 0.5) is 5.69 Å². The number of aromatic hydroxyl groups is 1. The number of ketones is 1. The highest BCUT2D eigenvalue weighted by atomic mass is 32.1. The molecule has 5 aromatic rings. The van der Waals surface area contributed by atoms with Crippen LogP contribution in [0, 0.1) is 0 Å². The zero-order chi connectivity index (χ0) is 25.1. The SMILES string of the molecule is O=C(NC(=S)Nc1ccc(O)c(-c2nc3ccccc3s2)c1)c1ccc(C(=O)c2ccccc2)cc1. The minimum Gasteiger partial charge on any atom is -0.507 e. The minimum absolute atomic E-state index is 0.0969. The fourth-order valence-electron chi connectivity index (χ4n) is 3.64. The second-order valence-corrected chi connectivity index (χ2v) is 9.34. The first-order valence-electron chi connectivity index (χ1n) is 11.0. The predicted molar refractivity (Wildman–Crippen MR) is 147 cm³/mol. The third-order valence-corrected chi connectivity index (χ3v) is 6.72. The number of rotatable bonds is 5. The van der Waals surface area contributed by atoms with Crippen molar-refractivity contribution < 1.29 is 14.7 Å². The molecule has 0 saturated carbocycles. The number of carbonyl (C=O) groups is 2. The number of thiocarbonyl (C=S) groups is 1. The molecule has 5 rings (SSSR count). The van der Waals surface area contributed by atoms with E-state index in [2.05, 4.69) is 15.6 Å². The van der Waals surface area contributed by atoms with Gasteiger partial charge in [0.2, 0.25) is 0 Å². The van der Waals surface area contributed by atoms with Crippen LogP contribution in [0.5, 0.6) is 5.75 Å². The van der Waals surface area contributed by atoms with Gasteiger partial charge in [0.1, 0.15) is 10.8 Å². The summed E-state index contributed by atoms with van der Waals surface area (Å²) >= 11 is 6.79. The molecular formula is C28H19N3O3S2. The van der Waals surface area contributed by atoms with Crippen LogP contribution in [0.1, 0.15) is 26.3 Å². The van der Waals surface area contributed by atoms with Crippen LogP contribution >= 0.6 is 23.6 Å². The molecule has 0 atom stereocenters. The molecule has 6 nitrogen and oxygen atoms in total. The van der Waals surface area contributed by atoms with Crippen molar-refractivity contribution in [1.82, 2.24) is 10.3 Å². The van der Waals surface area contributed by atoms with Gasteiger partial charge in [-0.05, 0) is 54.7 Å². The monoisotopic (exact) mass is 509 g/mol. The summed E-state index contributed by atoms with van der Waals surface area (Å²) in [6.07, 6.45) is 0. The van der Waals surface area contributed by atoms with E-state index in [1.807, 2.05) is 30.3 Å². The second-order valence-electron chi connectivity index (χ2n) is 7.90. The molecule has 0 fully saturated rings. The van der Waals surface area contributed by atoms with Crippen LogP contribution in [0.25, 0.3) is 20.8 Å². The summed E-state index contributed by atoms with van der Waals surface area (Å²) in [6, 6.07) is 28.1. The Labute approximate surface area is 216 Å². The molecule has 0 radical (unpaired) electrons. The van der Waals surface area contributed by atoms with Crippen LogP contribution in [-0.2, 0) is 0 Å². The van der Waals surface area contributed by atoms with Crippen LogP contribution in [0.15, 0.2) is 97.1 Å². The largest absolute Gasteiger partial charge is 0.507 e. The number of carbonyl (C=O) groups excluding carboxylic acids is 2. The number of phenolic OH excluding ortho intramolecular Hbond substituents is 1. The molecule has 1 heterocycles. The van der Waals surface area contributed by atoms with E-state index in [1.54, 1.807) is 66.7 Å². The summed E-state index contributed by atoms with van der Waals surface area (Å²) in [5.41, 5.74) is 3.45. The molecule has 0 aliphatic rings. The molecule has 0 unspecified atom stereocenters.